The molecule has 1 aliphatic heterocycles. The van der Waals surface area contributed by atoms with Gasteiger partial charge in [-0.3, -0.25) is 0 Å². The van der Waals surface area contributed by atoms with Crippen molar-refractivity contribution >= 4 is 15.9 Å². The predicted octanol–water partition coefficient (Wildman–Crippen LogP) is 3.66. The minimum atomic E-state index is 0.626. The second kappa shape index (κ2) is 7.15. The van der Waals surface area contributed by atoms with Crippen LogP contribution in [0.5, 0.6) is 5.75 Å². The van der Waals surface area contributed by atoms with Gasteiger partial charge in [-0.25, -0.2) is 0 Å². The van der Waals surface area contributed by atoms with Crippen LogP contribution in [0.1, 0.15) is 31.2 Å². The molecule has 0 saturated carbocycles. The van der Waals surface area contributed by atoms with Gasteiger partial charge in [-0.15, -0.1) is 0 Å². The third-order valence-corrected chi connectivity index (χ3v) is 3.86. The molecule has 1 aromatic rings. The normalized spacial score (nSPS) is 18.5. The van der Waals surface area contributed by atoms with E-state index < -0.39 is 0 Å². The molecule has 100 valence electrons. The first-order valence-corrected chi connectivity index (χ1v) is 7.97. The van der Waals surface area contributed by atoms with E-state index in [0.717, 1.165) is 37.2 Å². The molecule has 18 heavy (non-hydrogen) atoms. The largest absolute Gasteiger partial charge is 0.493 e. The summed E-state index contributed by atoms with van der Waals surface area (Å²) in [6, 6.07) is 8.49. The van der Waals surface area contributed by atoms with E-state index in [1.54, 1.807) is 0 Å². The van der Waals surface area contributed by atoms with Crippen LogP contribution in [0.4, 0.5) is 0 Å². The summed E-state index contributed by atoms with van der Waals surface area (Å²) in [6.07, 6.45) is 2.36. The van der Waals surface area contributed by atoms with E-state index >= 15 is 0 Å². The fourth-order valence-electron chi connectivity index (χ4n) is 2.65. The summed E-state index contributed by atoms with van der Waals surface area (Å²) in [6.45, 7) is 6.58. The maximum atomic E-state index is 5.73. The molecule has 3 heteroatoms. The van der Waals surface area contributed by atoms with Gasteiger partial charge in [0.2, 0.25) is 0 Å². The summed E-state index contributed by atoms with van der Waals surface area (Å²) in [5.74, 6) is 1.71. The number of ether oxygens (including phenoxy) is 1. The van der Waals surface area contributed by atoms with Gasteiger partial charge in [0.05, 0.1) is 6.61 Å². The first-order chi connectivity index (χ1) is 8.85. The van der Waals surface area contributed by atoms with Gasteiger partial charge in [0.15, 0.2) is 0 Å². The molecule has 0 aliphatic carbocycles. The zero-order valence-electron chi connectivity index (χ0n) is 11.1. The fourth-order valence-corrected chi connectivity index (χ4v) is 3.15. The van der Waals surface area contributed by atoms with Gasteiger partial charge in [-0.1, -0.05) is 41.1 Å². The van der Waals surface area contributed by atoms with Crippen LogP contribution < -0.4 is 4.74 Å². The van der Waals surface area contributed by atoms with Crippen molar-refractivity contribution in [3.8, 4) is 5.75 Å². The van der Waals surface area contributed by atoms with Crippen LogP contribution >= 0.6 is 15.9 Å². The smallest absolute Gasteiger partial charge is 0.122 e. The molecule has 0 saturated heterocycles. The standard InChI is InChI=1S/C15H22BrNO/c1-2-9-17(10-8-16)12-13-7-11-18-15-6-4-3-5-14(13)15/h3-6,13H,2,7-12H2,1H3. The molecule has 1 atom stereocenters. The molecule has 0 radical (unpaired) electrons. The molecule has 1 aliphatic rings. The summed E-state index contributed by atoms with van der Waals surface area (Å²) in [4.78, 5) is 2.56. The van der Waals surface area contributed by atoms with E-state index in [9.17, 15) is 0 Å². The Bertz CT molecular complexity index is 363. The van der Waals surface area contributed by atoms with Crippen LogP contribution in [0.15, 0.2) is 24.3 Å². The molecular formula is C15H22BrNO. The van der Waals surface area contributed by atoms with Crippen molar-refractivity contribution in [1.29, 1.82) is 0 Å². The SMILES string of the molecule is CCCN(CCBr)CC1CCOc2ccccc21. The van der Waals surface area contributed by atoms with Crippen molar-refractivity contribution in [3.63, 3.8) is 0 Å². The highest BCUT2D eigenvalue weighted by Crippen LogP contribution is 2.33. The number of hydrogen-bond acceptors (Lipinski definition) is 2. The van der Waals surface area contributed by atoms with Gasteiger partial charge in [0.1, 0.15) is 5.75 Å². The number of benzene rings is 1. The Morgan fingerprint density at radius 2 is 2.17 bits per heavy atom. The molecule has 2 nitrogen and oxygen atoms in total. The molecule has 0 spiro atoms. The lowest BCUT2D eigenvalue weighted by Crippen LogP contribution is -2.33. The van der Waals surface area contributed by atoms with Gasteiger partial charge in [-0.2, -0.15) is 0 Å². The molecule has 1 heterocycles. The fraction of sp³-hybridized carbons (Fsp3) is 0.600. The maximum absolute atomic E-state index is 5.73. The molecule has 1 unspecified atom stereocenters. The summed E-state index contributed by atoms with van der Waals surface area (Å²) < 4.78 is 5.73. The Hall–Kier alpha value is -0.540. The van der Waals surface area contributed by atoms with Crippen molar-refractivity contribution < 1.29 is 4.74 Å². The number of fused-ring (bicyclic) bond motifs is 1. The molecular weight excluding hydrogens is 290 g/mol. The predicted molar refractivity (Wildman–Crippen MR) is 79.8 cm³/mol. The zero-order chi connectivity index (χ0) is 12.8. The average Bonchev–Trinajstić information content (AvgIpc) is 2.40. The minimum absolute atomic E-state index is 0.626. The van der Waals surface area contributed by atoms with Gasteiger partial charge in [0.25, 0.3) is 0 Å². The van der Waals surface area contributed by atoms with E-state index in [1.165, 1.54) is 18.5 Å². The highest BCUT2D eigenvalue weighted by molar-refractivity contribution is 9.09. The molecule has 0 bridgehead atoms. The van der Waals surface area contributed by atoms with Gasteiger partial charge >= 0.3 is 0 Å². The molecule has 0 fully saturated rings. The lowest BCUT2D eigenvalue weighted by Gasteiger charge is -2.31. The molecule has 0 amide bonds. The maximum Gasteiger partial charge on any atom is 0.122 e. The minimum Gasteiger partial charge on any atom is -0.493 e. The van der Waals surface area contributed by atoms with Crippen LogP contribution in [0.3, 0.4) is 0 Å². The lowest BCUT2D eigenvalue weighted by molar-refractivity contribution is 0.217. The van der Waals surface area contributed by atoms with Crippen LogP contribution in [0.2, 0.25) is 0 Å². The summed E-state index contributed by atoms with van der Waals surface area (Å²) >= 11 is 3.55. The van der Waals surface area contributed by atoms with E-state index in [2.05, 4.69) is 52.0 Å². The van der Waals surface area contributed by atoms with Crippen LogP contribution in [0.25, 0.3) is 0 Å². The second-order valence-electron chi connectivity index (χ2n) is 4.86. The Balaban J connectivity index is 2.05. The van der Waals surface area contributed by atoms with Crippen molar-refractivity contribution in [3.05, 3.63) is 29.8 Å². The number of rotatable bonds is 6. The third-order valence-electron chi connectivity index (χ3n) is 3.50. The topological polar surface area (TPSA) is 12.5 Å². The summed E-state index contributed by atoms with van der Waals surface area (Å²) in [7, 11) is 0. The quantitative estimate of drug-likeness (QED) is 0.743. The zero-order valence-corrected chi connectivity index (χ0v) is 12.7. The van der Waals surface area contributed by atoms with Crippen LogP contribution in [0, 0.1) is 0 Å². The molecule has 1 aromatic carbocycles. The average molecular weight is 312 g/mol. The first kappa shape index (κ1) is 13.9. The van der Waals surface area contributed by atoms with E-state index in [4.69, 9.17) is 4.74 Å². The summed E-state index contributed by atoms with van der Waals surface area (Å²) in [5, 5.41) is 1.05. The van der Waals surface area contributed by atoms with Crippen molar-refractivity contribution in [2.45, 2.75) is 25.7 Å². The van der Waals surface area contributed by atoms with Gasteiger partial charge < -0.3 is 9.64 Å². The van der Waals surface area contributed by atoms with Crippen molar-refractivity contribution in [2.24, 2.45) is 0 Å². The third kappa shape index (κ3) is 3.48. The molecule has 0 N–H and O–H groups in total. The van der Waals surface area contributed by atoms with E-state index in [1.807, 2.05) is 0 Å². The highest BCUT2D eigenvalue weighted by Gasteiger charge is 2.22. The van der Waals surface area contributed by atoms with E-state index in [-0.39, 0.29) is 0 Å². The van der Waals surface area contributed by atoms with Crippen molar-refractivity contribution in [2.75, 3.05) is 31.6 Å². The molecule has 0 aromatic heterocycles. The highest BCUT2D eigenvalue weighted by atomic mass is 79.9. The van der Waals surface area contributed by atoms with Gasteiger partial charge in [-0.05, 0) is 31.0 Å². The lowest BCUT2D eigenvalue weighted by atomic mass is 9.92. The number of halogens is 1. The number of alkyl halides is 1. The Labute approximate surface area is 118 Å². The monoisotopic (exact) mass is 311 g/mol. The number of nitrogens with zero attached hydrogens (tertiary/aromatic N) is 1. The van der Waals surface area contributed by atoms with Crippen molar-refractivity contribution in [1.82, 2.24) is 4.90 Å². The van der Waals surface area contributed by atoms with Gasteiger partial charge in [0, 0.05) is 24.3 Å². The van der Waals surface area contributed by atoms with Crippen LogP contribution in [-0.4, -0.2) is 36.5 Å². The first-order valence-electron chi connectivity index (χ1n) is 6.85. The Morgan fingerprint density at radius 1 is 1.33 bits per heavy atom. The second-order valence-corrected chi connectivity index (χ2v) is 5.65. The Kier molecular flexibility index (Phi) is 5.51. The number of hydrogen-bond donors (Lipinski definition) is 0. The Morgan fingerprint density at radius 3 is 2.94 bits per heavy atom. The van der Waals surface area contributed by atoms with Crippen LogP contribution in [-0.2, 0) is 0 Å². The number of para-hydroxylation sites is 1. The summed E-state index contributed by atoms with van der Waals surface area (Å²) in [5.41, 5.74) is 1.39. The molecule has 2 rings (SSSR count). The van der Waals surface area contributed by atoms with E-state index in [0.29, 0.717) is 5.92 Å².